The van der Waals surface area contributed by atoms with E-state index < -0.39 is 0 Å². The highest BCUT2D eigenvalue weighted by Crippen LogP contribution is 2.46. The first-order valence-electron chi connectivity index (χ1n) is 3.73. The van der Waals surface area contributed by atoms with E-state index in [4.69, 9.17) is 0 Å². The molecule has 0 aromatic carbocycles. The van der Waals surface area contributed by atoms with Crippen LogP contribution in [0.25, 0.3) is 0 Å². The van der Waals surface area contributed by atoms with Crippen LogP contribution in [0.4, 0.5) is 0 Å². The Morgan fingerprint density at radius 3 is 1.90 bits per heavy atom. The van der Waals surface area contributed by atoms with Gasteiger partial charge in [0.2, 0.25) is 0 Å². The Kier molecular flexibility index (Phi) is 1.46. The second-order valence-corrected chi connectivity index (χ2v) is 3.78. The third-order valence-electron chi connectivity index (χ3n) is 1.92. The molecule has 0 saturated heterocycles. The van der Waals surface area contributed by atoms with Gasteiger partial charge in [0.15, 0.2) is 5.78 Å². The molecule has 0 amide bonds. The highest BCUT2D eigenvalue weighted by atomic mass is 16.1. The third kappa shape index (κ3) is 1.00. The van der Waals surface area contributed by atoms with Gasteiger partial charge in [-0.15, -0.1) is 0 Å². The standard InChI is InChI=1S/C9H14O/c1-6(2)5-7-8(10)9(7,3)4/h5-6H,1-4H3. The summed E-state index contributed by atoms with van der Waals surface area (Å²) in [5.74, 6) is 0.821. The molecule has 0 aromatic rings. The number of hydrogen-bond acceptors (Lipinski definition) is 1. The van der Waals surface area contributed by atoms with E-state index in [2.05, 4.69) is 19.9 Å². The van der Waals surface area contributed by atoms with Crippen LogP contribution in [0.5, 0.6) is 0 Å². The summed E-state index contributed by atoms with van der Waals surface area (Å²) in [6.07, 6.45) is 2.06. The second-order valence-electron chi connectivity index (χ2n) is 3.78. The van der Waals surface area contributed by atoms with E-state index in [1.807, 2.05) is 13.8 Å². The van der Waals surface area contributed by atoms with Crippen molar-refractivity contribution in [3.05, 3.63) is 11.6 Å². The maximum Gasteiger partial charge on any atom is 0.169 e. The molecular formula is C9H14O. The molecule has 0 heterocycles. The fourth-order valence-corrected chi connectivity index (χ4v) is 1.08. The maximum atomic E-state index is 11.0. The fourth-order valence-electron chi connectivity index (χ4n) is 1.08. The number of carbonyl (C=O) groups is 1. The van der Waals surface area contributed by atoms with Crippen LogP contribution in [-0.2, 0) is 4.79 Å². The van der Waals surface area contributed by atoms with Crippen LogP contribution in [0.1, 0.15) is 27.7 Å². The summed E-state index contributed by atoms with van der Waals surface area (Å²) in [5, 5.41) is 0. The van der Waals surface area contributed by atoms with E-state index in [-0.39, 0.29) is 5.41 Å². The Morgan fingerprint density at radius 1 is 1.40 bits per heavy atom. The van der Waals surface area contributed by atoms with Gasteiger partial charge in [-0.1, -0.05) is 19.9 Å². The van der Waals surface area contributed by atoms with Crippen LogP contribution < -0.4 is 0 Å². The predicted octanol–water partition coefficient (Wildman–Crippen LogP) is 2.18. The summed E-state index contributed by atoms with van der Waals surface area (Å²) in [5.41, 5.74) is 0.895. The van der Waals surface area contributed by atoms with Gasteiger partial charge in [0.25, 0.3) is 0 Å². The minimum Gasteiger partial charge on any atom is -0.294 e. The summed E-state index contributed by atoms with van der Waals surface area (Å²) in [6.45, 7) is 8.14. The average Bonchev–Trinajstić information content (AvgIpc) is 2.17. The van der Waals surface area contributed by atoms with Gasteiger partial charge in [0.1, 0.15) is 0 Å². The molecule has 0 bridgehead atoms. The van der Waals surface area contributed by atoms with Gasteiger partial charge in [-0.25, -0.2) is 0 Å². The first-order valence-corrected chi connectivity index (χ1v) is 3.73. The summed E-state index contributed by atoms with van der Waals surface area (Å²) in [7, 11) is 0. The van der Waals surface area contributed by atoms with Crippen molar-refractivity contribution >= 4 is 5.78 Å². The molecule has 0 aromatic heterocycles. The van der Waals surface area contributed by atoms with Gasteiger partial charge in [-0.2, -0.15) is 0 Å². The van der Waals surface area contributed by atoms with Crippen molar-refractivity contribution in [1.29, 1.82) is 0 Å². The monoisotopic (exact) mass is 138 g/mol. The van der Waals surface area contributed by atoms with Gasteiger partial charge < -0.3 is 0 Å². The van der Waals surface area contributed by atoms with Gasteiger partial charge >= 0.3 is 0 Å². The molecule has 0 aliphatic heterocycles. The van der Waals surface area contributed by atoms with Crippen molar-refractivity contribution in [2.45, 2.75) is 27.7 Å². The number of carbonyl (C=O) groups excluding carboxylic acids is 1. The number of hydrogen-bond donors (Lipinski definition) is 0. The molecular weight excluding hydrogens is 124 g/mol. The van der Waals surface area contributed by atoms with Crippen molar-refractivity contribution in [1.82, 2.24) is 0 Å². The van der Waals surface area contributed by atoms with Crippen molar-refractivity contribution in [3.8, 4) is 0 Å². The zero-order valence-electron chi connectivity index (χ0n) is 7.06. The van der Waals surface area contributed by atoms with E-state index in [1.54, 1.807) is 0 Å². The Balaban J connectivity index is 2.74. The van der Waals surface area contributed by atoms with Gasteiger partial charge in [0.05, 0.1) is 5.41 Å². The molecule has 0 atom stereocenters. The number of allylic oxidation sites excluding steroid dienone is 2. The lowest BCUT2D eigenvalue weighted by Crippen LogP contribution is -1.85. The maximum absolute atomic E-state index is 11.0. The average molecular weight is 138 g/mol. The van der Waals surface area contributed by atoms with Crippen molar-refractivity contribution in [2.24, 2.45) is 11.3 Å². The minimum absolute atomic E-state index is 0.121. The van der Waals surface area contributed by atoms with E-state index in [1.165, 1.54) is 0 Å². The lowest BCUT2D eigenvalue weighted by Gasteiger charge is -1.92. The molecule has 10 heavy (non-hydrogen) atoms. The molecule has 1 rings (SSSR count). The summed E-state index contributed by atoms with van der Waals surface area (Å²) in [4.78, 5) is 11.0. The molecule has 1 aliphatic carbocycles. The van der Waals surface area contributed by atoms with E-state index in [9.17, 15) is 4.79 Å². The van der Waals surface area contributed by atoms with Crippen LogP contribution in [-0.4, -0.2) is 5.78 Å². The van der Waals surface area contributed by atoms with Crippen molar-refractivity contribution < 1.29 is 4.79 Å². The highest BCUT2D eigenvalue weighted by molar-refractivity contribution is 6.20. The van der Waals surface area contributed by atoms with Gasteiger partial charge in [0, 0.05) is 5.57 Å². The van der Waals surface area contributed by atoms with Crippen molar-refractivity contribution in [3.63, 3.8) is 0 Å². The third-order valence-corrected chi connectivity index (χ3v) is 1.92. The Morgan fingerprint density at radius 2 is 1.80 bits per heavy atom. The van der Waals surface area contributed by atoms with Crippen LogP contribution in [0.2, 0.25) is 0 Å². The molecule has 0 N–H and O–H groups in total. The van der Waals surface area contributed by atoms with Crippen LogP contribution in [0, 0.1) is 11.3 Å². The largest absolute Gasteiger partial charge is 0.294 e. The van der Waals surface area contributed by atoms with Crippen LogP contribution >= 0.6 is 0 Å². The smallest absolute Gasteiger partial charge is 0.169 e. The molecule has 0 radical (unpaired) electrons. The number of Topliss-reactive ketones (excluding diaryl/α,β-unsaturated/α-hetero) is 1. The molecule has 1 fully saturated rings. The lowest BCUT2D eigenvalue weighted by molar-refractivity contribution is -0.111. The molecule has 1 nitrogen and oxygen atoms in total. The Bertz CT molecular complexity index is 197. The summed E-state index contributed by atoms with van der Waals surface area (Å²) >= 11 is 0. The first-order chi connectivity index (χ1) is 4.46. The molecule has 56 valence electrons. The van der Waals surface area contributed by atoms with E-state index in [0.717, 1.165) is 5.57 Å². The fraction of sp³-hybridized carbons (Fsp3) is 0.667. The number of ketones is 1. The number of rotatable bonds is 1. The van der Waals surface area contributed by atoms with Crippen molar-refractivity contribution in [2.75, 3.05) is 0 Å². The lowest BCUT2D eigenvalue weighted by atomic mass is 10.1. The topological polar surface area (TPSA) is 17.1 Å². The zero-order chi connectivity index (χ0) is 7.94. The molecule has 1 saturated carbocycles. The van der Waals surface area contributed by atoms with Gasteiger partial charge in [-0.3, -0.25) is 4.79 Å². The van der Waals surface area contributed by atoms with E-state index in [0.29, 0.717) is 11.7 Å². The zero-order valence-corrected chi connectivity index (χ0v) is 7.06. The van der Waals surface area contributed by atoms with Gasteiger partial charge in [-0.05, 0) is 19.8 Å². The Labute approximate surface area is 62.1 Å². The normalized spacial score (nSPS) is 26.1. The molecule has 0 spiro atoms. The SMILES string of the molecule is CC(C)C=C1C(=O)C1(C)C. The minimum atomic E-state index is -0.121. The highest BCUT2D eigenvalue weighted by Gasteiger charge is 2.51. The van der Waals surface area contributed by atoms with E-state index >= 15 is 0 Å². The van der Waals surface area contributed by atoms with Crippen LogP contribution in [0.15, 0.2) is 11.6 Å². The first kappa shape index (κ1) is 7.52. The molecule has 1 heteroatoms. The molecule has 0 unspecified atom stereocenters. The summed E-state index contributed by atoms with van der Waals surface area (Å²) in [6, 6.07) is 0. The quantitative estimate of drug-likeness (QED) is 0.507. The summed E-state index contributed by atoms with van der Waals surface area (Å²) < 4.78 is 0. The Hall–Kier alpha value is -0.590. The van der Waals surface area contributed by atoms with Crippen LogP contribution in [0.3, 0.4) is 0 Å². The molecule has 1 aliphatic rings. The predicted molar refractivity (Wildman–Crippen MR) is 41.7 cm³/mol. The second kappa shape index (κ2) is 1.94.